The number of benzene rings is 1. The van der Waals surface area contributed by atoms with Crippen molar-refractivity contribution in [1.82, 2.24) is 9.97 Å². The zero-order chi connectivity index (χ0) is 13.3. The summed E-state index contributed by atoms with van der Waals surface area (Å²) >= 11 is 0. The summed E-state index contributed by atoms with van der Waals surface area (Å²) in [4.78, 5) is 18.4. The van der Waals surface area contributed by atoms with Crippen molar-refractivity contribution in [3.05, 3.63) is 29.6 Å². The minimum atomic E-state index is -0.940. The van der Waals surface area contributed by atoms with Crippen LogP contribution in [0.5, 0.6) is 0 Å². The first-order chi connectivity index (χ1) is 8.41. The summed E-state index contributed by atoms with van der Waals surface area (Å²) in [5.74, 6) is -0.148. The number of carbonyl (C=O) groups is 1. The molecule has 0 spiro atoms. The van der Waals surface area contributed by atoms with Crippen LogP contribution in [-0.4, -0.2) is 33.8 Å². The predicted molar refractivity (Wildman–Crippen MR) is 67.8 cm³/mol. The number of aromatic nitrogens is 2. The highest BCUT2D eigenvalue weighted by atomic mass is 16.5. The fraction of sp³-hybridized carbons (Fsp3) is 0.385. The molecule has 0 unspecified atom stereocenters. The Morgan fingerprint density at radius 1 is 1.50 bits per heavy atom. The largest absolute Gasteiger partial charge is 0.478 e. The SMILES string of the molecule is COC(C)(C)Cc1nc2ccc(C(=O)O)cc2[nH]1. The van der Waals surface area contributed by atoms with Crippen molar-refractivity contribution < 1.29 is 14.6 Å². The van der Waals surface area contributed by atoms with Crippen LogP contribution >= 0.6 is 0 Å². The molecule has 2 aromatic rings. The van der Waals surface area contributed by atoms with E-state index in [0.29, 0.717) is 6.42 Å². The fourth-order valence-corrected chi connectivity index (χ4v) is 1.75. The van der Waals surface area contributed by atoms with Crippen LogP contribution in [0.4, 0.5) is 0 Å². The van der Waals surface area contributed by atoms with Gasteiger partial charge in [-0.3, -0.25) is 0 Å². The number of methoxy groups -OCH3 is 1. The molecule has 0 amide bonds. The summed E-state index contributed by atoms with van der Waals surface area (Å²) in [6.07, 6.45) is 0.639. The molecule has 5 nitrogen and oxygen atoms in total. The van der Waals surface area contributed by atoms with Gasteiger partial charge in [-0.1, -0.05) is 0 Å². The molecule has 2 N–H and O–H groups in total. The highest BCUT2D eigenvalue weighted by Gasteiger charge is 2.19. The number of carboxylic acid groups (broad SMARTS) is 1. The molecule has 0 saturated carbocycles. The van der Waals surface area contributed by atoms with Gasteiger partial charge in [-0.2, -0.15) is 0 Å². The van der Waals surface area contributed by atoms with Gasteiger partial charge in [0, 0.05) is 13.5 Å². The summed E-state index contributed by atoms with van der Waals surface area (Å²) in [5, 5.41) is 8.92. The van der Waals surface area contributed by atoms with E-state index in [9.17, 15) is 4.79 Å². The van der Waals surface area contributed by atoms with E-state index in [2.05, 4.69) is 9.97 Å². The number of hydrogen-bond acceptors (Lipinski definition) is 3. The lowest BCUT2D eigenvalue weighted by molar-refractivity contribution is 0.0218. The van der Waals surface area contributed by atoms with Gasteiger partial charge < -0.3 is 14.8 Å². The molecular weight excluding hydrogens is 232 g/mol. The van der Waals surface area contributed by atoms with Gasteiger partial charge in [-0.05, 0) is 32.0 Å². The van der Waals surface area contributed by atoms with Gasteiger partial charge in [0.25, 0.3) is 0 Å². The van der Waals surface area contributed by atoms with Gasteiger partial charge in [-0.15, -0.1) is 0 Å². The molecule has 0 bridgehead atoms. The molecule has 0 aliphatic rings. The Hall–Kier alpha value is -1.88. The van der Waals surface area contributed by atoms with Gasteiger partial charge in [-0.25, -0.2) is 9.78 Å². The van der Waals surface area contributed by atoms with Gasteiger partial charge in [0.2, 0.25) is 0 Å². The lowest BCUT2D eigenvalue weighted by Crippen LogP contribution is -2.26. The number of rotatable bonds is 4. The molecule has 0 fully saturated rings. The zero-order valence-corrected chi connectivity index (χ0v) is 10.7. The van der Waals surface area contributed by atoms with Crippen molar-refractivity contribution in [2.24, 2.45) is 0 Å². The molecular formula is C13H16N2O3. The molecule has 0 radical (unpaired) electrons. The van der Waals surface area contributed by atoms with Crippen molar-refractivity contribution in [3.8, 4) is 0 Å². The number of aromatic amines is 1. The smallest absolute Gasteiger partial charge is 0.335 e. The number of hydrogen-bond donors (Lipinski definition) is 2. The fourth-order valence-electron chi connectivity index (χ4n) is 1.75. The Bertz CT molecular complexity index is 587. The minimum Gasteiger partial charge on any atom is -0.478 e. The maximum atomic E-state index is 10.9. The Morgan fingerprint density at radius 3 is 2.83 bits per heavy atom. The van der Waals surface area contributed by atoms with Crippen LogP contribution < -0.4 is 0 Å². The Balaban J connectivity index is 2.35. The van der Waals surface area contributed by atoms with E-state index in [-0.39, 0.29) is 11.2 Å². The highest BCUT2D eigenvalue weighted by Crippen LogP contribution is 2.18. The number of carboxylic acids is 1. The van der Waals surface area contributed by atoms with Gasteiger partial charge in [0.1, 0.15) is 5.82 Å². The van der Waals surface area contributed by atoms with Crippen molar-refractivity contribution >= 4 is 17.0 Å². The van der Waals surface area contributed by atoms with Crippen LogP contribution in [0.1, 0.15) is 30.0 Å². The number of nitrogens with zero attached hydrogens (tertiary/aromatic N) is 1. The van der Waals surface area contributed by atoms with Crippen LogP contribution in [-0.2, 0) is 11.2 Å². The quantitative estimate of drug-likeness (QED) is 0.870. The second-order valence-corrected chi connectivity index (χ2v) is 4.86. The van der Waals surface area contributed by atoms with E-state index in [0.717, 1.165) is 16.9 Å². The van der Waals surface area contributed by atoms with Crippen LogP contribution in [0.2, 0.25) is 0 Å². The Morgan fingerprint density at radius 2 is 2.22 bits per heavy atom. The Labute approximate surface area is 105 Å². The maximum absolute atomic E-state index is 10.9. The van der Waals surface area contributed by atoms with E-state index in [4.69, 9.17) is 9.84 Å². The van der Waals surface area contributed by atoms with Crippen molar-refractivity contribution in [2.75, 3.05) is 7.11 Å². The molecule has 1 aromatic carbocycles. The lowest BCUT2D eigenvalue weighted by atomic mass is 10.1. The average molecular weight is 248 g/mol. The van der Waals surface area contributed by atoms with Crippen molar-refractivity contribution in [3.63, 3.8) is 0 Å². The van der Waals surface area contributed by atoms with E-state index in [1.54, 1.807) is 25.3 Å². The predicted octanol–water partition coefficient (Wildman–Crippen LogP) is 2.23. The zero-order valence-electron chi connectivity index (χ0n) is 10.7. The number of nitrogens with one attached hydrogen (secondary N) is 1. The van der Waals surface area contributed by atoms with Crippen LogP contribution in [0.3, 0.4) is 0 Å². The normalized spacial score (nSPS) is 11.9. The molecule has 18 heavy (non-hydrogen) atoms. The molecule has 0 aliphatic carbocycles. The summed E-state index contributed by atoms with van der Waals surface area (Å²) in [6, 6.07) is 4.85. The summed E-state index contributed by atoms with van der Waals surface area (Å²) in [5.41, 5.74) is 1.45. The molecule has 96 valence electrons. The third-order valence-electron chi connectivity index (χ3n) is 2.92. The average Bonchev–Trinajstić information content (AvgIpc) is 2.68. The van der Waals surface area contributed by atoms with E-state index in [1.165, 1.54) is 0 Å². The third-order valence-corrected chi connectivity index (χ3v) is 2.92. The van der Waals surface area contributed by atoms with E-state index < -0.39 is 5.97 Å². The first kappa shape index (κ1) is 12.6. The first-order valence-electron chi connectivity index (χ1n) is 5.68. The number of H-pyrrole nitrogens is 1. The second-order valence-electron chi connectivity index (χ2n) is 4.86. The van der Waals surface area contributed by atoms with Crippen LogP contribution in [0.15, 0.2) is 18.2 Å². The first-order valence-corrected chi connectivity index (χ1v) is 5.68. The number of fused-ring (bicyclic) bond motifs is 1. The molecule has 0 atom stereocenters. The van der Waals surface area contributed by atoms with Gasteiger partial charge >= 0.3 is 5.97 Å². The molecule has 0 saturated heterocycles. The van der Waals surface area contributed by atoms with Crippen LogP contribution in [0.25, 0.3) is 11.0 Å². The van der Waals surface area contributed by atoms with Crippen molar-refractivity contribution in [1.29, 1.82) is 0 Å². The molecule has 0 aliphatic heterocycles. The standard InChI is InChI=1S/C13H16N2O3/c1-13(2,18-3)7-11-14-9-5-4-8(12(16)17)6-10(9)15-11/h4-6H,7H2,1-3H3,(H,14,15)(H,16,17). The second kappa shape index (κ2) is 4.42. The molecule has 1 heterocycles. The number of imidazole rings is 1. The van der Waals surface area contributed by atoms with E-state index in [1.807, 2.05) is 13.8 Å². The van der Waals surface area contributed by atoms with Gasteiger partial charge in [0.15, 0.2) is 0 Å². The minimum absolute atomic E-state index is 0.253. The molecule has 1 aromatic heterocycles. The number of aromatic carboxylic acids is 1. The van der Waals surface area contributed by atoms with Crippen LogP contribution in [0, 0.1) is 0 Å². The van der Waals surface area contributed by atoms with Gasteiger partial charge in [0.05, 0.1) is 22.2 Å². The monoisotopic (exact) mass is 248 g/mol. The van der Waals surface area contributed by atoms with E-state index >= 15 is 0 Å². The Kier molecular flexibility index (Phi) is 3.09. The highest BCUT2D eigenvalue weighted by molar-refractivity contribution is 5.92. The topological polar surface area (TPSA) is 75.2 Å². The summed E-state index contributed by atoms with van der Waals surface area (Å²) in [6.45, 7) is 3.95. The maximum Gasteiger partial charge on any atom is 0.335 e. The van der Waals surface area contributed by atoms with Crippen molar-refractivity contribution in [2.45, 2.75) is 25.9 Å². The summed E-state index contributed by atoms with van der Waals surface area (Å²) < 4.78 is 5.35. The molecule has 5 heteroatoms. The third kappa shape index (κ3) is 2.51. The lowest BCUT2D eigenvalue weighted by Gasteiger charge is -2.21. The number of ether oxygens (including phenoxy) is 1. The summed E-state index contributed by atoms with van der Waals surface area (Å²) in [7, 11) is 1.66. The molecule has 2 rings (SSSR count).